The Balaban J connectivity index is 2.30. The average molecular weight is 402 g/mol. The van der Waals surface area contributed by atoms with Crippen molar-refractivity contribution in [3.8, 4) is 0 Å². The van der Waals surface area contributed by atoms with Crippen LogP contribution in [0.5, 0.6) is 0 Å². The molecule has 1 aliphatic heterocycles. The molecule has 0 radical (unpaired) electrons. The van der Waals surface area contributed by atoms with E-state index in [0.717, 1.165) is 9.13 Å². The third-order valence-electron chi connectivity index (χ3n) is 4.29. The van der Waals surface area contributed by atoms with Gasteiger partial charge in [-0.15, -0.1) is 0 Å². The summed E-state index contributed by atoms with van der Waals surface area (Å²) in [4.78, 5) is 11.2. The highest BCUT2D eigenvalue weighted by atomic mass is 127. The van der Waals surface area contributed by atoms with Crippen molar-refractivity contribution in [1.29, 1.82) is 0 Å². The Morgan fingerprint density at radius 2 is 1.67 bits per heavy atom. The maximum Gasteiger partial charge on any atom is 0.466 e. The van der Waals surface area contributed by atoms with Gasteiger partial charge in [-0.25, -0.2) is 0 Å². The summed E-state index contributed by atoms with van der Waals surface area (Å²) in [6, 6.07) is 7.83. The molecular weight excluding hydrogens is 382 g/mol. The molecule has 1 aromatic carbocycles. The predicted molar refractivity (Wildman–Crippen MR) is 90.2 cm³/mol. The number of hydrogen-bond donors (Lipinski definition) is 1. The minimum atomic E-state index is -0.853. The second-order valence-corrected chi connectivity index (χ2v) is 7.63. The molecule has 2 rings (SSSR count). The van der Waals surface area contributed by atoms with Crippen LogP contribution < -0.4 is 0 Å². The van der Waals surface area contributed by atoms with Gasteiger partial charge in [-0.05, 0) is 68.0 Å². The minimum Gasteiger partial charge on any atom is -0.481 e. The number of halogens is 1. The van der Waals surface area contributed by atoms with E-state index in [0.29, 0.717) is 0 Å². The standard InChI is InChI=1S/C15H20BIO4/c1-14(2)15(3,4)21-16(20-14)12(9-13(18)19)10-5-7-11(17)8-6-10/h5-8,12H,9H2,1-4H3,(H,18,19). The molecule has 0 aliphatic carbocycles. The lowest BCUT2D eigenvalue weighted by atomic mass is 9.66. The summed E-state index contributed by atoms with van der Waals surface area (Å²) in [5.74, 6) is -1.17. The van der Waals surface area contributed by atoms with Crippen LogP contribution >= 0.6 is 22.6 Å². The second kappa shape index (κ2) is 5.89. The molecule has 0 saturated carbocycles. The number of rotatable bonds is 4. The van der Waals surface area contributed by atoms with Gasteiger partial charge >= 0.3 is 13.1 Å². The van der Waals surface area contributed by atoms with Gasteiger partial charge in [0.05, 0.1) is 17.6 Å². The Morgan fingerprint density at radius 3 is 2.10 bits per heavy atom. The van der Waals surface area contributed by atoms with Crippen molar-refractivity contribution in [2.24, 2.45) is 0 Å². The molecule has 1 heterocycles. The first kappa shape index (κ1) is 16.8. The first-order chi connectivity index (χ1) is 9.62. The molecule has 1 N–H and O–H groups in total. The van der Waals surface area contributed by atoms with Gasteiger partial charge < -0.3 is 14.4 Å². The van der Waals surface area contributed by atoms with Crippen molar-refractivity contribution in [3.63, 3.8) is 0 Å². The fraction of sp³-hybridized carbons (Fsp3) is 0.533. The Morgan fingerprint density at radius 1 is 1.19 bits per heavy atom. The zero-order valence-corrected chi connectivity index (χ0v) is 14.9. The fourth-order valence-electron chi connectivity index (χ4n) is 2.32. The topological polar surface area (TPSA) is 55.8 Å². The van der Waals surface area contributed by atoms with Gasteiger partial charge in [-0.1, -0.05) is 12.1 Å². The van der Waals surface area contributed by atoms with E-state index in [1.54, 1.807) is 0 Å². The lowest BCUT2D eigenvalue weighted by Gasteiger charge is -2.32. The Labute approximate surface area is 139 Å². The zero-order valence-electron chi connectivity index (χ0n) is 12.7. The zero-order chi connectivity index (χ0) is 15.8. The van der Waals surface area contributed by atoms with Crippen molar-refractivity contribution in [3.05, 3.63) is 33.4 Å². The highest BCUT2D eigenvalue weighted by Crippen LogP contribution is 2.41. The quantitative estimate of drug-likeness (QED) is 0.619. The van der Waals surface area contributed by atoms with E-state index in [-0.39, 0.29) is 12.2 Å². The fourth-order valence-corrected chi connectivity index (χ4v) is 2.68. The minimum absolute atomic E-state index is 0.0164. The maximum atomic E-state index is 11.2. The first-order valence-corrected chi connectivity index (χ1v) is 8.03. The summed E-state index contributed by atoms with van der Waals surface area (Å²) in [6.45, 7) is 7.88. The largest absolute Gasteiger partial charge is 0.481 e. The lowest BCUT2D eigenvalue weighted by Crippen LogP contribution is -2.41. The van der Waals surface area contributed by atoms with Crippen LogP contribution in [-0.4, -0.2) is 29.4 Å². The van der Waals surface area contributed by atoms with Crippen LogP contribution in [-0.2, 0) is 14.1 Å². The molecule has 0 aromatic heterocycles. The smallest absolute Gasteiger partial charge is 0.466 e. The summed E-state index contributed by atoms with van der Waals surface area (Å²) in [7, 11) is -0.550. The Kier molecular flexibility index (Phi) is 4.70. The number of carboxylic acid groups (broad SMARTS) is 1. The van der Waals surface area contributed by atoms with Crippen LogP contribution in [0.4, 0.5) is 0 Å². The molecule has 0 amide bonds. The highest BCUT2D eigenvalue weighted by Gasteiger charge is 2.54. The predicted octanol–water partition coefficient (Wildman–Crippen LogP) is 3.48. The maximum absolute atomic E-state index is 11.2. The van der Waals surface area contributed by atoms with Crippen molar-refractivity contribution in [2.45, 2.75) is 51.1 Å². The van der Waals surface area contributed by atoms with Crippen molar-refractivity contribution >= 4 is 35.7 Å². The molecule has 0 spiro atoms. The SMILES string of the molecule is CC1(C)OB(C(CC(=O)O)c2ccc(I)cc2)OC1(C)C. The first-order valence-electron chi connectivity index (χ1n) is 6.95. The number of carbonyl (C=O) groups is 1. The van der Waals surface area contributed by atoms with Crippen LogP contribution in [0.3, 0.4) is 0 Å². The summed E-state index contributed by atoms with van der Waals surface area (Å²) in [5.41, 5.74) is 0.00576. The van der Waals surface area contributed by atoms with E-state index in [1.807, 2.05) is 52.0 Å². The van der Waals surface area contributed by atoms with E-state index >= 15 is 0 Å². The number of benzene rings is 1. The molecule has 4 nitrogen and oxygen atoms in total. The summed E-state index contributed by atoms with van der Waals surface area (Å²) < 4.78 is 13.2. The highest BCUT2D eigenvalue weighted by molar-refractivity contribution is 14.1. The number of aliphatic carboxylic acids is 1. The van der Waals surface area contributed by atoms with Gasteiger partial charge in [0.1, 0.15) is 0 Å². The van der Waals surface area contributed by atoms with E-state index in [4.69, 9.17) is 9.31 Å². The third kappa shape index (κ3) is 3.60. The summed E-state index contributed by atoms with van der Waals surface area (Å²) in [6.07, 6.45) is -0.0164. The van der Waals surface area contributed by atoms with Crippen LogP contribution in [0.15, 0.2) is 24.3 Å². The number of carboxylic acids is 1. The van der Waals surface area contributed by atoms with Gasteiger partial charge in [0, 0.05) is 9.39 Å². The van der Waals surface area contributed by atoms with Crippen LogP contribution in [0, 0.1) is 3.57 Å². The van der Waals surface area contributed by atoms with Gasteiger partial charge in [0.2, 0.25) is 0 Å². The van der Waals surface area contributed by atoms with E-state index in [1.165, 1.54) is 0 Å². The molecule has 1 unspecified atom stereocenters. The van der Waals surface area contributed by atoms with Gasteiger partial charge in [0.25, 0.3) is 0 Å². The molecule has 1 saturated heterocycles. The van der Waals surface area contributed by atoms with E-state index in [9.17, 15) is 9.90 Å². The molecule has 21 heavy (non-hydrogen) atoms. The summed E-state index contributed by atoms with van der Waals surface area (Å²) in [5, 5.41) is 9.21. The molecule has 0 bridgehead atoms. The Hall–Kier alpha value is -0.595. The van der Waals surface area contributed by atoms with Crippen LogP contribution in [0.1, 0.15) is 45.5 Å². The van der Waals surface area contributed by atoms with Crippen molar-refractivity contribution < 1.29 is 19.2 Å². The molecule has 1 fully saturated rings. The van der Waals surface area contributed by atoms with E-state index in [2.05, 4.69) is 22.6 Å². The monoisotopic (exact) mass is 402 g/mol. The second-order valence-electron chi connectivity index (χ2n) is 6.38. The Bertz CT molecular complexity index is 511. The molecule has 1 aromatic rings. The van der Waals surface area contributed by atoms with Gasteiger partial charge in [-0.2, -0.15) is 0 Å². The molecule has 6 heteroatoms. The molecule has 1 atom stereocenters. The molecule has 1 aliphatic rings. The third-order valence-corrected chi connectivity index (χ3v) is 5.01. The van der Waals surface area contributed by atoms with Gasteiger partial charge in [-0.3, -0.25) is 4.79 Å². The number of hydrogen-bond acceptors (Lipinski definition) is 3. The summed E-state index contributed by atoms with van der Waals surface area (Å²) >= 11 is 2.23. The molecular formula is C15H20BIO4. The van der Waals surface area contributed by atoms with E-state index < -0.39 is 24.3 Å². The van der Waals surface area contributed by atoms with Gasteiger partial charge in [0.15, 0.2) is 0 Å². The van der Waals surface area contributed by atoms with Crippen LogP contribution in [0.2, 0.25) is 0 Å². The lowest BCUT2D eigenvalue weighted by molar-refractivity contribution is -0.137. The van der Waals surface area contributed by atoms with Crippen LogP contribution in [0.25, 0.3) is 0 Å². The van der Waals surface area contributed by atoms with Crippen molar-refractivity contribution in [2.75, 3.05) is 0 Å². The average Bonchev–Trinajstić information content (AvgIpc) is 2.56. The van der Waals surface area contributed by atoms with Crippen molar-refractivity contribution in [1.82, 2.24) is 0 Å². The molecule has 114 valence electrons. The normalized spacial score (nSPS) is 21.3.